The van der Waals surface area contributed by atoms with E-state index in [1.807, 2.05) is 36.9 Å². The Morgan fingerprint density at radius 1 is 1.07 bits per heavy atom. The van der Waals surface area contributed by atoms with Gasteiger partial charge in [-0.1, -0.05) is 42.8 Å². The smallest absolute Gasteiger partial charge is 0.191 e. The Labute approximate surface area is 196 Å². The fraction of sp³-hybridized carbons (Fsp3) is 0.348. The number of rotatable bonds is 6. The SMILES string of the molecule is CN=C(NCc1ccc(-n2nc(C)cc2C)nc1)NCC(C)c1ccc(C)cc1.I. The van der Waals surface area contributed by atoms with Gasteiger partial charge in [0.2, 0.25) is 0 Å². The Morgan fingerprint density at radius 2 is 1.80 bits per heavy atom. The number of aromatic nitrogens is 3. The zero-order valence-electron chi connectivity index (χ0n) is 18.3. The van der Waals surface area contributed by atoms with Crippen LogP contribution in [-0.4, -0.2) is 34.3 Å². The van der Waals surface area contributed by atoms with Crippen LogP contribution in [0.2, 0.25) is 0 Å². The van der Waals surface area contributed by atoms with Gasteiger partial charge in [0.25, 0.3) is 0 Å². The number of hydrogen-bond donors (Lipinski definition) is 2. The van der Waals surface area contributed by atoms with Gasteiger partial charge >= 0.3 is 0 Å². The van der Waals surface area contributed by atoms with Crippen molar-refractivity contribution in [2.45, 2.75) is 40.2 Å². The maximum atomic E-state index is 4.55. The zero-order valence-corrected chi connectivity index (χ0v) is 20.6. The minimum Gasteiger partial charge on any atom is -0.356 e. The molecule has 0 spiro atoms. The summed E-state index contributed by atoms with van der Waals surface area (Å²) in [4.78, 5) is 8.87. The lowest BCUT2D eigenvalue weighted by Gasteiger charge is -2.16. The molecule has 30 heavy (non-hydrogen) atoms. The molecule has 0 saturated heterocycles. The lowest BCUT2D eigenvalue weighted by molar-refractivity contribution is 0.698. The first kappa shape index (κ1) is 23.9. The normalized spacial score (nSPS) is 12.2. The molecule has 7 heteroatoms. The van der Waals surface area contributed by atoms with Crippen LogP contribution in [0.1, 0.15) is 40.9 Å². The van der Waals surface area contributed by atoms with Crippen LogP contribution in [0.15, 0.2) is 53.7 Å². The van der Waals surface area contributed by atoms with Crippen LogP contribution >= 0.6 is 24.0 Å². The fourth-order valence-electron chi connectivity index (χ4n) is 3.18. The summed E-state index contributed by atoms with van der Waals surface area (Å²) in [5, 5.41) is 11.2. The number of aryl methyl sites for hydroxylation is 3. The van der Waals surface area contributed by atoms with E-state index in [-0.39, 0.29) is 24.0 Å². The number of nitrogens with zero attached hydrogens (tertiary/aromatic N) is 4. The number of nitrogens with one attached hydrogen (secondary N) is 2. The van der Waals surface area contributed by atoms with Gasteiger partial charge in [0.15, 0.2) is 11.8 Å². The molecule has 2 aromatic heterocycles. The highest BCUT2D eigenvalue weighted by Gasteiger charge is 2.08. The standard InChI is InChI=1S/C23H30N6.HI/c1-16-6-9-21(10-7-16)17(2)13-26-23(24-5)27-15-20-8-11-22(25-14-20)29-19(4)12-18(3)28-29;/h6-12,14,17H,13,15H2,1-5H3,(H2,24,26,27);1H. The Bertz CT molecular complexity index is 960. The molecule has 0 saturated carbocycles. The molecule has 6 nitrogen and oxygen atoms in total. The van der Waals surface area contributed by atoms with Crippen molar-refractivity contribution in [3.8, 4) is 5.82 Å². The van der Waals surface area contributed by atoms with Crippen molar-refractivity contribution < 1.29 is 0 Å². The lowest BCUT2D eigenvalue weighted by atomic mass is 10.0. The van der Waals surface area contributed by atoms with Gasteiger partial charge in [0.1, 0.15) is 0 Å². The molecular weight excluding hydrogens is 487 g/mol. The van der Waals surface area contributed by atoms with Crippen LogP contribution in [0.25, 0.3) is 5.82 Å². The Kier molecular flexibility index (Phi) is 8.83. The molecule has 1 atom stereocenters. The molecule has 2 N–H and O–H groups in total. The lowest BCUT2D eigenvalue weighted by Crippen LogP contribution is -2.38. The van der Waals surface area contributed by atoms with Crippen molar-refractivity contribution in [2.75, 3.05) is 13.6 Å². The number of pyridine rings is 1. The number of guanidine groups is 1. The molecule has 2 heterocycles. The third-order valence-electron chi connectivity index (χ3n) is 4.94. The highest BCUT2D eigenvalue weighted by Crippen LogP contribution is 2.14. The molecule has 0 fully saturated rings. The second kappa shape index (κ2) is 11.1. The summed E-state index contributed by atoms with van der Waals surface area (Å²) in [5.41, 5.74) is 5.76. The van der Waals surface area contributed by atoms with E-state index in [1.54, 1.807) is 7.05 Å². The van der Waals surface area contributed by atoms with Gasteiger partial charge in [-0.15, -0.1) is 24.0 Å². The second-order valence-corrected chi connectivity index (χ2v) is 7.48. The minimum atomic E-state index is 0. The first-order valence-corrected chi connectivity index (χ1v) is 9.96. The third-order valence-corrected chi connectivity index (χ3v) is 4.94. The maximum absolute atomic E-state index is 4.55. The van der Waals surface area contributed by atoms with Crippen LogP contribution in [0.5, 0.6) is 0 Å². The van der Waals surface area contributed by atoms with Crippen molar-refractivity contribution in [2.24, 2.45) is 4.99 Å². The fourth-order valence-corrected chi connectivity index (χ4v) is 3.18. The predicted octanol–water partition coefficient (Wildman–Crippen LogP) is 4.28. The molecule has 0 bridgehead atoms. The Morgan fingerprint density at radius 3 is 2.37 bits per heavy atom. The minimum absolute atomic E-state index is 0. The van der Waals surface area contributed by atoms with E-state index in [0.717, 1.165) is 35.3 Å². The van der Waals surface area contributed by atoms with E-state index < -0.39 is 0 Å². The maximum Gasteiger partial charge on any atom is 0.191 e. The van der Waals surface area contributed by atoms with Crippen molar-refractivity contribution in [3.63, 3.8) is 0 Å². The summed E-state index contributed by atoms with van der Waals surface area (Å²) in [6.45, 7) is 9.81. The van der Waals surface area contributed by atoms with E-state index in [2.05, 4.69) is 69.9 Å². The van der Waals surface area contributed by atoms with E-state index in [0.29, 0.717) is 12.5 Å². The number of hydrogen-bond acceptors (Lipinski definition) is 3. The van der Waals surface area contributed by atoms with Crippen molar-refractivity contribution >= 4 is 29.9 Å². The van der Waals surface area contributed by atoms with Gasteiger partial charge in [-0.25, -0.2) is 9.67 Å². The Balaban J connectivity index is 0.00000320. The predicted molar refractivity (Wildman–Crippen MR) is 134 cm³/mol. The van der Waals surface area contributed by atoms with Gasteiger partial charge < -0.3 is 10.6 Å². The topological polar surface area (TPSA) is 67.1 Å². The first-order valence-electron chi connectivity index (χ1n) is 9.96. The monoisotopic (exact) mass is 518 g/mol. The Hall–Kier alpha value is -2.42. The molecule has 3 aromatic rings. The van der Waals surface area contributed by atoms with Crippen LogP contribution in [0, 0.1) is 20.8 Å². The third kappa shape index (κ3) is 6.29. The number of benzene rings is 1. The molecule has 1 aromatic carbocycles. The van der Waals surface area contributed by atoms with E-state index >= 15 is 0 Å². The van der Waals surface area contributed by atoms with Crippen LogP contribution in [0.4, 0.5) is 0 Å². The van der Waals surface area contributed by atoms with Crippen molar-refractivity contribution in [1.82, 2.24) is 25.4 Å². The average molecular weight is 518 g/mol. The van der Waals surface area contributed by atoms with Gasteiger partial charge in [-0.3, -0.25) is 4.99 Å². The second-order valence-electron chi connectivity index (χ2n) is 7.48. The van der Waals surface area contributed by atoms with Gasteiger partial charge in [0, 0.05) is 32.0 Å². The summed E-state index contributed by atoms with van der Waals surface area (Å²) in [6, 6.07) is 14.8. The van der Waals surface area contributed by atoms with Crippen LogP contribution in [-0.2, 0) is 6.54 Å². The molecule has 3 rings (SSSR count). The largest absolute Gasteiger partial charge is 0.356 e. The van der Waals surface area contributed by atoms with Crippen molar-refractivity contribution in [3.05, 3.63) is 76.7 Å². The van der Waals surface area contributed by atoms with Gasteiger partial charge in [0.05, 0.1) is 5.69 Å². The molecule has 0 aliphatic heterocycles. The molecule has 0 aliphatic carbocycles. The summed E-state index contributed by atoms with van der Waals surface area (Å²) in [5.74, 6) is 2.01. The average Bonchev–Trinajstić information content (AvgIpc) is 3.07. The van der Waals surface area contributed by atoms with E-state index in [1.165, 1.54) is 11.1 Å². The van der Waals surface area contributed by atoms with E-state index in [4.69, 9.17) is 0 Å². The number of aliphatic imine (C=N–C) groups is 1. The molecule has 160 valence electrons. The van der Waals surface area contributed by atoms with Crippen LogP contribution < -0.4 is 10.6 Å². The molecular formula is C23H31IN6. The zero-order chi connectivity index (χ0) is 20.8. The highest BCUT2D eigenvalue weighted by molar-refractivity contribution is 14.0. The van der Waals surface area contributed by atoms with Crippen molar-refractivity contribution in [1.29, 1.82) is 0 Å². The van der Waals surface area contributed by atoms with E-state index in [9.17, 15) is 0 Å². The highest BCUT2D eigenvalue weighted by atomic mass is 127. The summed E-state index contributed by atoms with van der Waals surface area (Å²) in [6.07, 6.45) is 1.88. The van der Waals surface area contributed by atoms with Crippen LogP contribution in [0.3, 0.4) is 0 Å². The summed E-state index contributed by atoms with van der Waals surface area (Å²) < 4.78 is 1.86. The first-order chi connectivity index (χ1) is 14.0. The van der Waals surface area contributed by atoms with Gasteiger partial charge in [-0.05, 0) is 49.9 Å². The molecule has 0 amide bonds. The summed E-state index contributed by atoms with van der Waals surface area (Å²) >= 11 is 0. The van der Waals surface area contributed by atoms with Gasteiger partial charge in [-0.2, -0.15) is 5.10 Å². The molecule has 1 unspecified atom stereocenters. The molecule has 0 radical (unpaired) electrons. The summed E-state index contributed by atoms with van der Waals surface area (Å²) in [7, 11) is 1.79. The number of halogens is 1. The molecule has 0 aliphatic rings. The quantitative estimate of drug-likeness (QED) is 0.291.